The summed E-state index contributed by atoms with van der Waals surface area (Å²) in [5, 5.41) is 9.30. The van der Waals surface area contributed by atoms with E-state index in [1.807, 2.05) is 85.1 Å². The van der Waals surface area contributed by atoms with Crippen molar-refractivity contribution in [2.75, 3.05) is 5.32 Å². The molecule has 4 heterocycles. The standard InChI is InChI=1S/C33H25N5O3S/c39-31(36-18-24-15-23-17-34-13-12-30(23)42-24)20-38-32(22-6-2-1-3-7-22)37-19-27(33(38)40)35-16-21-10-11-29-26(14-21)25-8-4-5-9-28(25)41-29/h1-15,17,19,35H,16,18,20H2,(H,36,39). The monoisotopic (exact) mass is 571 g/mol. The van der Waals surface area contributed by atoms with Gasteiger partial charge in [0.15, 0.2) is 0 Å². The molecule has 9 heteroatoms. The molecule has 0 aliphatic carbocycles. The predicted molar refractivity (Wildman–Crippen MR) is 166 cm³/mol. The second-order valence-electron chi connectivity index (χ2n) is 9.94. The minimum absolute atomic E-state index is 0.162. The van der Waals surface area contributed by atoms with Crippen molar-refractivity contribution in [2.24, 2.45) is 0 Å². The number of furan rings is 1. The van der Waals surface area contributed by atoms with Crippen LogP contribution in [0.15, 0.2) is 113 Å². The van der Waals surface area contributed by atoms with Gasteiger partial charge in [0.2, 0.25) is 5.91 Å². The summed E-state index contributed by atoms with van der Waals surface area (Å²) in [7, 11) is 0. The molecule has 0 spiro atoms. The molecule has 4 aromatic heterocycles. The number of pyridine rings is 1. The highest BCUT2D eigenvalue weighted by Crippen LogP contribution is 2.29. The third-order valence-electron chi connectivity index (χ3n) is 7.13. The van der Waals surface area contributed by atoms with E-state index in [1.54, 1.807) is 17.5 Å². The van der Waals surface area contributed by atoms with Gasteiger partial charge in [0, 0.05) is 50.2 Å². The molecule has 0 saturated heterocycles. The van der Waals surface area contributed by atoms with Crippen LogP contribution in [0.3, 0.4) is 0 Å². The molecule has 2 N–H and O–H groups in total. The average molecular weight is 572 g/mol. The van der Waals surface area contributed by atoms with Crippen LogP contribution in [0, 0.1) is 0 Å². The van der Waals surface area contributed by atoms with Crippen LogP contribution in [-0.4, -0.2) is 20.4 Å². The molecular formula is C33H25N5O3S. The first-order chi connectivity index (χ1) is 20.6. The molecular weight excluding hydrogens is 546 g/mol. The van der Waals surface area contributed by atoms with Crippen LogP contribution in [0.25, 0.3) is 43.4 Å². The molecule has 206 valence electrons. The number of benzene rings is 3. The Morgan fingerprint density at radius 3 is 2.60 bits per heavy atom. The van der Waals surface area contributed by atoms with Crippen molar-refractivity contribution < 1.29 is 9.21 Å². The molecule has 42 heavy (non-hydrogen) atoms. The number of anilines is 1. The molecule has 0 bridgehead atoms. The van der Waals surface area contributed by atoms with Crippen molar-refractivity contribution in [3.63, 3.8) is 0 Å². The first kappa shape index (κ1) is 25.7. The maximum Gasteiger partial charge on any atom is 0.277 e. The van der Waals surface area contributed by atoms with Gasteiger partial charge in [-0.2, -0.15) is 0 Å². The zero-order valence-electron chi connectivity index (χ0n) is 22.4. The number of aromatic nitrogens is 3. The summed E-state index contributed by atoms with van der Waals surface area (Å²) < 4.78 is 8.47. The SMILES string of the molecule is O=C(Cn1c(-c2ccccc2)ncc(NCc2ccc3oc4ccccc4c3c2)c1=O)NCc1cc2cnccc2s1. The summed E-state index contributed by atoms with van der Waals surface area (Å²) >= 11 is 1.61. The average Bonchev–Trinajstić information content (AvgIpc) is 3.62. The summed E-state index contributed by atoms with van der Waals surface area (Å²) in [5.41, 5.74) is 3.39. The molecule has 0 radical (unpaired) electrons. The summed E-state index contributed by atoms with van der Waals surface area (Å²) in [6.07, 6.45) is 5.10. The first-order valence-corrected chi connectivity index (χ1v) is 14.3. The van der Waals surface area contributed by atoms with E-state index in [4.69, 9.17) is 4.42 Å². The molecule has 3 aromatic carbocycles. The maximum atomic E-state index is 13.7. The molecule has 8 nitrogen and oxygen atoms in total. The molecule has 0 unspecified atom stereocenters. The molecule has 0 fully saturated rings. The summed E-state index contributed by atoms with van der Waals surface area (Å²) in [5.74, 6) is 0.154. The van der Waals surface area contributed by atoms with Crippen molar-refractivity contribution in [3.05, 3.63) is 124 Å². The molecule has 0 atom stereocenters. The van der Waals surface area contributed by atoms with Crippen LogP contribution in [0.1, 0.15) is 10.4 Å². The van der Waals surface area contributed by atoms with Crippen molar-refractivity contribution >= 4 is 55.0 Å². The van der Waals surface area contributed by atoms with Crippen molar-refractivity contribution in [3.8, 4) is 11.4 Å². The van der Waals surface area contributed by atoms with Gasteiger partial charge in [-0.3, -0.25) is 19.1 Å². The van der Waals surface area contributed by atoms with Crippen LogP contribution in [-0.2, 0) is 24.4 Å². The molecule has 7 rings (SSSR count). The fraction of sp³-hybridized carbons (Fsp3) is 0.0909. The number of para-hydroxylation sites is 1. The van der Waals surface area contributed by atoms with Crippen molar-refractivity contribution in [1.29, 1.82) is 0 Å². The molecule has 0 saturated carbocycles. The van der Waals surface area contributed by atoms with Crippen molar-refractivity contribution in [2.45, 2.75) is 19.6 Å². The van der Waals surface area contributed by atoms with Crippen LogP contribution in [0.4, 0.5) is 5.69 Å². The molecule has 7 aromatic rings. The second-order valence-corrected chi connectivity index (χ2v) is 11.1. The van der Waals surface area contributed by atoms with Gasteiger partial charge in [0.25, 0.3) is 5.56 Å². The maximum absolute atomic E-state index is 13.7. The zero-order valence-corrected chi connectivity index (χ0v) is 23.2. The largest absolute Gasteiger partial charge is 0.456 e. The number of fused-ring (bicyclic) bond motifs is 4. The summed E-state index contributed by atoms with van der Waals surface area (Å²) in [6.45, 7) is 0.610. The van der Waals surface area contributed by atoms with E-state index in [2.05, 4.69) is 26.7 Å². The van der Waals surface area contributed by atoms with E-state index in [9.17, 15) is 9.59 Å². The van der Waals surface area contributed by atoms with Gasteiger partial charge in [-0.05, 0) is 35.9 Å². The minimum Gasteiger partial charge on any atom is -0.456 e. The number of amides is 1. The van der Waals surface area contributed by atoms with E-state index in [-0.39, 0.29) is 18.0 Å². The van der Waals surface area contributed by atoms with E-state index >= 15 is 0 Å². The lowest BCUT2D eigenvalue weighted by molar-refractivity contribution is -0.121. The number of nitrogens with zero attached hydrogens (tertiary/aromatic N) is 3. The zero-order chi connectivity index (χ0) is 28.5. The van der Waals surface area contributed by atoms with E-state index in [1.165, 1.54) is 10.8 Å². The number of thiophene rings is 1. The minimum atomic E-state index is -0.318. The summed E-state index contributed by atoms with van der Waals surface area (Å²) in [6, 6.07) is 27.3. The molecule has 0 aliphatic rings. The number of hydrogen-bond acceptors (Lipinski definition) is 7. The van der Waals surface area contributed by atoms with E-state index < -0.39 is 0 Å². The van der Waals surface area contributed by atoms with Gasteiger partial charge in [-0.1, -0.05) is 54.6 Å². The lowest BCUT2D eigenvalue weighted by Gasteiger charge is -2.15. The Bertz CT molecular complexity index is 2100. The van der Waals surface area contributed by atoms with Crippen molar-refractivity contribution in [1.82, 2.24) is 19.9 Å². The van der Waals surface area contributed by atoms with Gasteiger partial charge >= 0.3 is 0 Å². The Labute approximate surface area is 244 Å². The van der Waals surface area contributed by atoms with Crippen LogP contribution in [0.2, 0.25) is 0 Å². The van der Waals surface area contributed by atoms with Gasteiger partial charge < -0.3 is 15.1 Å². The highest BCUT2D eigenvalue weighted by Gasteiger charge is 2.16. The third kappa shape index (κ3) is 5.02. The quantitative estimate of drug-likeness (QED) is 0.221. The fourth-order valence-corrected chi connectivity index (χ4v) is 6.04. The van der Waals surface area contributed by atoms with Crippen LogP contribution in [0.5, 0.6) is 0 Å². The van der Waals surface area contributed by atoms with Gasteiger partial charge in [0.1, 0.15) is 29.2 Å². The number of carbonyl (C=O) groups excluding carboxylic acids is 1. The van der Waals surface area contributed by atoms with Crippen LogP contribution < -0.4 is 16.2 Å². The number of carbonyl (C=O) groups is 1. The lowest BCUT2D eigenvalue weighted by Crippen LogP contribution is -2.34. The van der Waals surface area contributed by atoms with Gasteiger partial charge in [-0.15, -0.1) is 11.3 Å². The van der Waals surface area contributed by atoms with Crippen LogP contribution >= 0.6 is 11.3 Å². The summed E-state index contributed by atoms with van der Waals surface area (Å²) in [4.78, 5) is 36.6. The second kappa shape index (κ2) is 10.9. The molecule has 0 aliphatic heterocycles. The van der Waals surface area contributed by atoms with E-state index in [0.717, 1.165) is 48.0 Å². The number of rotatable bonds is 8. The smallest absolute Gasteiger partial charge is 0.277 e. The fourth-order valence-electron chi connectivity index (χ4n) is 5.07. The van der Waals surface area contributed by atoms with E-state index in [0.29, 0.717) is 24.6 Å². The van der Waals surface area contributed by atoms with Gasteiger partial charge in [0.05, 0.1) is 12.7 Å². The Morgan fingerprint density at radius 1 is 0.881 bits per heavy atom. The normalized spacial score (nSPS) is 11.3. The first-order valence-electron chi connectivity index (χ1n) is 13.5. The Morgan fingerprint density at radius 2 is 1.71 bits per heavy atom. The highest BCUT2D eigenvalue weighted by molar-refractivity contribution is 7.19. The predicted octanol–water partition coefficient (Wildman–Crippen LogP) is 6.35. The molecule has 1 amide bonds. The number of hydrogen-bond donors (Lipinski definition) is 2. The Hall–Kier alpha value is -5.28. The topological polar surface area (TPSA) is 102 Å². The van der Waals surface area contributed by atoms with Gasteiger partial charge in [-0.25, -0.2) is 4.98 Å². The Balaban J connectivity index is 1.13. The lowest BCUT2D eigenvalue weighted by atomic mass is 10.1. The Kier molecular flexibility index (Phi) is 6.69. The highest BCUT2D eigenvalue weighted by atomic mass is 32.1. The third-order valence-corrected chi connectivity index (χ3v) is 8.25. The number of nitrogens with one attached hydrogen (secondary N) is 2.